The first-order chi connectivity index (χ1) is 21.9. The summed E-state index contributed by atoms with van der Waals surface area (Å²) in [6.45, 7) is 6.29. The van der Waals surface area contributed by atoms with E-state index in [1.165, 1.54) is 22.5 Å². The molecule has 0 atom stereocenters. The molecule has 2 aromatic carbocycles. The number of alkyl halides is 4. The maximum atomic E-state index is 13.3. The van der Waals surface area contributed by atoms with Gasteiger partial charge in [-0.1, -0.05) is 0 Å². The summed E-state index contributed by atoms with van der Waals surface area (Å²) in [6.07, 6.45) is -5.99. The number of sulfonamides is 1. The monoisotopic (exact) mass is 680 g/mol. The van der Waals surface area contributed by atoms with Crippen LogP contribution in [0.4, 0.5) is 17.6 Å². The number of likely N-dealkylation sites (tertiary alicyclic amines) is 1. The number of carbonyl (C=O) groups is 2. The Labute approximate surface area is 270 Å². The summed E-state index contributed by atoms with van der Waals surface area (Å²) in [7, 11) is -3.88. The third-order valence-corrected chi connectivity index (χ3v) is 10.5. The molecule has 47 heavy (non-hydrogen) atoms. The molecule has 10 nitrogen and oxygen atoms in total. The molecule has 1 spiro atoms. The van der Waals surface area contributed by atoms with Gasteiger partial charge >= 0.3 is 12.5 Å². The third kappa shape index (κ3) is 7.36. The summed E-state index contributed by atoms with van der Waals surface area (Å²) in [5.41, 5.74) is 0.956. The lowest BCUT2D eigenvalue weighted by molar-refractivity contribution is -0.253. The van der Waals surface area contributed by atoms with Crippen molar-refractivity contribution in [1.29, 1.82) is 0 Å². The van der Waals surface area contributed by atoms with E-state index in [-0.39, 0.29) is 37.7 Å². The van der Waals surface area contributed by atoms with Crippen molar-refractivity contribution in [3.05, 3.63) is 69.6 Å². The van der Waals surface area contributed by atoms with Crippen molar-refractivity contribution in [2.45, 2.75) is 70.1 Å². The standard InChI is InChI=1S/C32H36F4N4O6S/c1-20-18-23(27(41)39-13-9-30(3,43)10-14-39)19-21(2)25(20)8-17-47(44,45)40-15-11-31(12-16-40)29(42)37-26(38-31)22-4-6-24(7-5-22)46-32(35,36)28(33)34/h4-8,17-19,28,43H,9-16H2,1-3H3,(H,37,38,42)/b17-8+. The van der Waals surface area contributed by atoms with Crippen LogP contribution in [0.25, 0.3) is 6.08 Å². The molecule has 3 aliphatic heterocycles. The van der Waals surface area contributed by atoms with E-state index in [1.807, 2.05) is 0 Å². The number of amides is 2. The molecule has 254 valence electrons. The van der Waals surface area contributed by atoms with Gasteiger partial charge in [0, 0.05) is 42.7 Å². The Morgan fingerprint density at radius 1 is 1.04 bits per heavy atom. The minimum Gasteiger partial charge on any atom is -0.428 e. The minimum atomic E-state index is -4.66. The number of rotatable bonds is 8. The number of nitrogens with zero attached hydrogens (tertiary/aromatic N) is 3. The normalized spacial score (nSPS) is 20.1. The molecule has 0 unspecified atom stereocenters. The van der Waals surface area contributed by atoms with Gasteiger partial charge in [-0.05, 0) is 106 Å². The van der Waals surface area contributed by atoms with Gasteiger partial charge in [-0.25, -0.2) is 8.42 Å². The van der Waals surface area contributed by atoms with E-state index in [9.17, 15) is 40.7 Å². The Kier molecular flexibility index (Phi) is 9.29. The molecular weight excluding hydrogens is 644 g/mol. The van der Waals surface area contributed by atoms with Crippen molar-refractivity contribution in [1.82, 2.24) is 14.5 Å². The molecule has 0 saturated carbocycles. The fourth-order valence-corrected chi connectivity index (χ4v) is 7.13. The van der Waals surface area contributed by atoms with Crippen molar-refractivity contribution >= 4 is 33.7 Å². The summed E-state index contributed by atoms with van der Waals surface area (Å²) in [4.78, 5) is 32.3. The molecule has 2 N–H and O–H groups in total. The van der Waals surface area contributed by atoms with E-state index in [2.05, 4.69) is 15.0 Å². The molecule has 3 heterocycles. The number of hydrogen-bond donors (Lipinski definition) is 2. The van der Waals surface area contributed by atoms with Crippen LogP contribution in [0, 0.1) is 13.8 Å². The highest BCUT2D eigenvalue weighted by Crippen LogP contribution is 2.34. The van der Waals surface area contributed by atoms with E-state index < -0.39 is 45.4 Å². The first-order valence-corrected chi connectivity index (χ1v) is 16.6. The SMILES string of the molecule is Cc1cc(C(=O)N2CCC(C)(O)CC2)cc(C)c1/C=C/S(=O)(=O)N1CCC2(CC1)N=C(c1ccc(OC(F)(F)C(F)F)cc1)NC2=O. The van der Waals surface area contributed by atoms with Crippen LogP contribution in [-0.4, -0.2) is 90.2 Å². The molecule has 0 bridgehead atoms. The average Bonchev–Trinajstić information content (AvgIpc) is 3.31. The van der Waals surface area contributed by atoms with Gasteiger partial charge in [0.05, 0.1) is 5.60 Å². The zero-order valence-electron chi connectivity index (χ0n) is 26.1. The second kappa shape index (κ2) is 12.7. The number of carbonyl (C=O) groups excluding carboxylic acids is 2. The first kappa shape index (κ1) is 34.5. The number of piperidine rings is 2. The summed E-state index contributed by atoms with van der Waals surface area (Å²) in [5, 5.41) is 14.0. The van der Waals surface area contributed by atoms with Gasteiger partial charge in [-0.3, -0.25) is 14.6 Å². The van der Waals surface area contributed by atoms with Crippen molar-refractivity contribution in [3.8, 4) is 5.75 Å². The molecular formula is C32H36F4N4O6S. The van der Waals surface area contributed by atoms with Gasteiger partial charge in [0.2, 0.25) is 10.0 Å². The van der Waals surface area contributed by atoms with Gasteiger partial charge in [0.1, 0.15) is 17.1 Å². The summed E-state index contributed by atoms with van der Waals surface area (Å²) < 4.78 is 83.1. The molecule has 15 heteroatoms. The summed E-state index contributed by atoms with van der Waals surface area (Å²) in [5.74, 6) is -0.910. The predicted molar refractivity (Wildman–Crippen MR) is 166 cm³/mol. The van der Waals surface area contributed by atoms with E-state index in [0.29, 0.717) is 42.6 Å². The predicted octanol–water partition coefficient (Wildman–Crippen LogP) is 4.24. The molecule has 5 rings (SSSR count). The molecule has 3 aliphatic rings. The number of hydrogen-bond acceptors (Lipinski definition) is 7. The van der Waals surface area contributed by atoms with Crippen LogP contribution in [0.2, 0.25) is 0 Å². The average molecular weight is 681 g/mol. The second-order valence-electron chi connectivity index (χ2n) is 12.5. The Morgan fingerprint density at radius 2 is 1.62 bits per heavy atom. The third-order valence-electron chi connectivity index (χ3n) is 8.90. The van der Waals surface area contributed by atoms with Crippen LogP contribution in [0.5, 0.6) is 5.75 Å². The fraction of sp³-hybridized carbons (Fsp3) is 0.469. The van der Waals surface area contributed by atoms with Crippen LogP contribution in [0.1, 0.15) is 65.2 Å². The number of aryl methyl sites for hydroxylation is 2. The zero-order chi connectivity index (χ0) is 34.4. The largest absolute Gasteiger partial charge is 0.461 e. The Bertz CT molecular complexity index is 1690. The van der Waals surface area contributed by atoms with Crippen molar-refractivity contribution in [2.24, 2.45) is 4.99 Å². The van der Waals surface area contributed by atoms with Gasteiger partial charge in [0.15, 0.2) is 0 Å². The van der Waals surface area contributed by atoms with E-state index >= 15 is 0 Å². The number of halogens is 4. The first-order valence-electron chi connectivity index (χ1n) is 15.1. The molecule has 2 aromatic rings. The maximum absolute atomic E-state index is 13.3. The topological polar surface area (TPSA) is 129 Å². The van der Waals surface area contributed by atoms with Crippen LogP contribution >= 0.6 is 0 Å². The molecule has 2 amide bonds. The van der Waals surface area contributed by atoms with Gasteiger partial charge in [-0.2, -0.15) is 21.9 Å². The highest BCUT2D eigenvalue weighted by molar-refractivity contribution is 7.92. The Hall–Kier alpha value is -3.82. The number of aliphatic imine (C=N–C) groups is 1. The highest BCUT2D eigenvalue weighted by atomic mass is 32.2. The molecule has 0 aromatic heterocycles. The Balaban J connectivity index is 1.23. The van der Waals surface area contributed by atoms with Crippen LogP contribution < -0.4 is 10.1 Å². The number of benzene rings is 2. The Morgan fingerprint density at radius 3 is 2.17 bits per heavy atom. The minimum absolute atomic E-state index is 0.0144. The fourth-order valence-electron chi connectivity index (χ4n) is 5.96. The van der Waals surface area contributed by atoms with Crippen molar-refractivity contribution in [2.75, 3.05) is 26.2 Å². The van der Waals surface area contributed by atoms with Gasteiger partial charge in [-0.15, -0.1) is 0 Å². The van der Waals surface area contributed by atoms with Gasteiger partial charge in [0.25, 0.3) is 11.8 Å². The number of amidine groups is 1. The summed E-state index contributed by atoms with van der Waals surface area (Å²) in [6, 6.07) is 8.17. The molecule has 2 saturated heterocycles. The molecule has 0 aliphatic carbocycles. The quantitative estimate of drug-likeness (QED) is 0.402. The zero-order valence-corrected chi connectivity index (χ0v) is 26.9. The number of nitrogens with one attached hydrogen (secondary N) is 1. The van der Waals surface area contributed by atoms with E-state index in [1.54, 1.807) is 37.8 Å². The van der Waals surface area contributed by atoms with Crippen LogP contribution in [0.15, 0.2) is 46.8 Å². The lowest BCUT2D eigenvalue weighted by Crippen LogP contribution is -2.50. The number of ether oxygens (including phenoxy) is 1. The maximum Gasteiger partial charge on any atom is 0.461 e. The lowest BCUT2D eigenvalue weighted by atomic mass is 9.89. The number of aliphatic hydroxyl groups is 1. The highest BCUT2D eigenvalue weighted by Gasteiger charge is 2.47. The van der Waals surface area contributed by atoms with Crippen molar-refractivity contribution < 1.29 is 45.4 Å². The lowest BCUT2D eigenvalue weighted by Gasteiger charge is -2.36. The van der Waals surface area contributed by atoms with E-state index in [4.69, 9.17) is 0 Å². The van der Waals surface area contributed by atoms with Crippen LogP contribution in [0.3, 0.4) is 0 Å². The smallest absolute Gasteiger partial charge is 0.428 e. The van der Waals surface area contributed by atoms with Crippen molar-refractivity contribution in [3.63, 3.8) is 0 Å². The van der Waals surface area contributed by atoms with Gasteiger partial charge < -0.3 is 20.1 Å². The molecule has 2 fully saturated rings. The second-order valence-corrected chi connectivity index (χ2v) is 14.3. The summed E-state index contributed by atoms with van der Waals surface area (Å²) >= 11 is 0. The van der Waals surface area contributed by atoms with Crippen LogP contribution in [-0.2, 0) is 14.8 Å². The molecule has 0 radical (unpaired) electrons. The van der Waals surface area contributed by atoms with E-state index in [0.717, 1.165) is 28.7 Å².